The zero-order valence-electron chi connectivity index (χ0n) is 14.7. The Morgan fingerprint density at radius 3 is 2.65 bits per heavy atom. The van der Waals surface area contributed by atoms with Crippen molar-refractivity contribution in [1.29, 1.82) is 5.26 Å². The summed E-state index contributed by atoms with van der Waals surface area (Å²) in [4.78, 5) is 12.2. The maximum atomic E-state index is 12.3. The second-order valence-electron chi connectivity index (χ2n) is 5.77. The Hall–Kier alpha value is -2.85. The lowest BCUT2D eigenvalue weighted by atomic mass is 10.1. The van der Waals surface area contributed by atoms with Gasteiger partial charge in [-0.25, -0.2) is 8.42 Å². The molecule has 2 rings (SSSR count). The summed E-state index contributed by atoms with van der Waals surface area (Å²) < 4.78 is 30.0. The number of amides is 1. The molecule has 136 valence electrons. The van der Waals surface area contributed by atoms with Gasteiger partial charge in [0.2, 0.25) is 5.91 Å². The number of nitrogens with zero attached hydrogens (tertiary/aromatic N) is 1. The molecule has 0 aromatic heterocycles. The molecule has 26 heavy (non-hydrogen) atoms. The molecule has 1 amide bonds. The Morgan fingerprint density at radius 1 is 1.23 bits per heavy atom. The van der Waals surface area contributed by atoms with Crippen molar-refractivity contribution in [1.82, 2.24) is 0 Å². The quantitative estimate of drug-likeness (QED) is 0.806. The summed E-state index contributed by atoms with van der Waals surface area (Å²) in [7, 11) is -3.68. The van der Waals surface area contributed by atoms with Crippen molar-refractivity contribution in [3.05, 3.63) is 59.2 Å². The van der Waals surface area contributed by atoms with Crippen LogP contribution in [0.3, 0.4) is 0 Å². The van der Waals surface area contributed by atoms with Crippen LogP contribution >= 0.6 is 0 Å². The summed E-state index contributed by atoms with van der Waals surface area (Å²) >= 11 is 0. The van der Waals surface area contributed by atoms with Gasteiger partial charge in [-0.15, -0.1) is 0 Å². The molecule has 0 saturated carbocycles. The van der Waals surface area contributed by atoms with Gasteiger partial charge in [-0.1, -0.05) is 24.3 Å². The molecule has 2 aromatic carbocycles. The third-order valence-corrected chi connectivity index (χ3v) is 5.10. The van der Waals surface area contributed by atoms with Crippen LogP contribution in [0.15, 0.2) is 42.5 Å². The van der Waals surface area contributed by atoms with E-state index < -0.39 is 21.5 Å². The fraction of sp³-hybridized carbons (Fsp3) is 0.263. The molecule has 0 unspecified atom stereocenters. The Kier molecular flexibility index (Phi) is 6.36. The van der Waals surface area contributed by atoms with Crippen molar-refractivity contribution in [2.75, 3.05) is 17.7 Å². The number of hydrogen-bond donors (Lipinski definition) is 1. The van der Waals surface area contributed by atoms with Crippen LogP contribution in [0.1, 0.15) is 23.6 Å². The first kappa shape index (κ1) is 19.5. The number of nitriles is 1. The Bertz CT molecular complexity index is 946. The molecular formula is C19H20N2O4S. The number of hydrogen-bond acceptors (Lipinski definition) is 5. The van der Waals surface area contributed by atoms with Gasteiger partial charge in [0.05, 0.1) is 29.7 Å². The third-order valence-electron chi connectivity index (χ3n) is 3.62. The molecule has 0 bridgehead atoms. The second-order valence-corrected chi connectivity index (χ2v) is 7.84. The largest absolute Gasteiger partial charge is 0.492 e. The number of ether oxygens (including phenoxy) is 1. The van der Waals surface area contributed by atoms with Crippen LogP contribution < -0.4 is 10.1 Å². The van der Waals surface area contributed by atoms with Crippen LogP contribution in [0.5, 0.6) is 5.75 Å². The first-order chi connectivity index (χ1) is 12.3. The van der Waals surface area contributed by atoms with E-state index in [1.807, 2.05) is 13.0 Å². The van der Waals surface area contributed by atoms with E-state index in [1.165, 1.54) is 6.07 Å². The number of aryl methyl sites for hydroxylation is 1. The first-order valence-electron chi connectivity index (χ1n) is 8.06. The van der Waals surface area contributed by atoms with E-state index in [4.69, 9.17) is 10.00 Å². The molecule has 0 fully saturated rings. The molecule has 2 aromatic rings. The molecule has 0 aliphatic rings. The molecule has 0 atom stereocenters. The van der Waals surface area contributed by atoms with Gasteiger partial charge in [-0.3, -0.25) is 4.79 Å². The number of carbonyl (C=O) groups is 1. The molecule has 6 nitrogen and oxygen atoms in total. The van der Waals surface area contributed by atoms with Crippen molar-refractivity contribution in [3.8, 4) is 11.8 Å². The van der Waals surface area contributed by atoms with E-state index >= 15 is 0 Å². The van der Waals surface area contributed by atoms with Crippen LogP contribution in [0.25, 0.3) is 0 Å². The van der Waals surface area contributed by atoms with E-state index in [9.17, 15) is 13.2 Å². The fourth-order valence-electron chi connectivity index (χ4n) is 2.42. The molecular weight excluding hydrogens is 352 g/mol. The van der Waals surface area contributed by atoms with Gasteiger partial charge in [0.15, 0.2) is 9.84 Å². The maximum Gasteiger partial charge on any atom is 0.239 e. The maximum absolute atomic E-state index is 12.3. The number of sulfone groups is 1. The average molecular weight is 372 g/mol. The minimum absolute atomic E-state index is 0.303. The highest BCUT2D eigenvalue weighted by Gasteiger charge is 2.19. The van der Waals surface area contributed by atoms with Crippen LogP contribution in [-0.2, 0) is 20.4 Å². The summed E-state index contributed by atoms with van der Waals surface area (Å²) in [6, 6.07) is 13.7. The predicted octanol–water partition coefficient (Wildman–Crippen LogP) is 2.82. The normalized spacial score (nSPS) is 10.8. The summed E-state index contributed by atoms with van der Waals surface area (Å²) in [6.07, 6.45) is 0. The highest BCUT2D eigenvalue weighted by molar-refractivity contribution is 7.91. The molecule has 0 aliphatic carbocycles. The van der Waals surface area contributed by atoms with E-state index in [1.54, 1.807) is 43.3 Å². The fourth-order valence-corrected chi connectivity index (χ4v) is 3.68. The van der Waals surface area contributed by atoms with Crippen LogP contribution in [0.2, 0.25) is 0 Å². The van der Waals surface area contributed by atoms with Crippen molar-refractivity contribution >= 4 is 21.4 Å². The van der Waals surface area contributed by atoms with Crippen LogP contribution in [0.4, 0.5) is 5.69 Å². The van der Waals surface area contributed by atoms with Crippen LogP contribution in [-0.4, -0.2) is 26.7 Å². The summed E-state index contributed by atoms with van der Waals surface area (Å²) in [6.45, 7) is 4.03. The van der Waals surface area contributed by atoms with Gasteiger partial charge >= 0.3 is 0 Å². The Morgan fingerprint density at radius 2 is 1.96 bits per heavy atom. The number of rotatable bonds is 7. The lowest BCUT2D eigenvalue weighted by Crippen LogP contribution is -2.24. The van der Waals surface area contributed by atoms with E-state index in [2.05, 4.69) is 5.32 Å². The molecule has 0 heterocycles. The molecule has 0 saturated heterocycles. The smallest absolute Gasteiger partial charge is 0.239 e. The average Bonchev–Trinajstić information content (AvgIpc) is 2.57. The number of benzene rings is 2. The highest BCUT2D eigenvalue weighted by Crippen LogP contribution is 2.23. The van der Waals surface area contributed by atoms with E-state index in [0.717, 1.165) is 5.56 Å². The third kappa shape index (κ3) is 5.33. The molecule has 1 N–H and O–H groups in total. The number of para-hydroxylation sites is 2. The minimum Gasteiger partial charge on any atom is -0.492 e. The monoisotopic (exact) mass is 372 g/mol. The van der Waals surface area contributed by atoms with Crippen molar-refractivity contribution < 1.29 is 17.9 Å². The Labute approximate surface area is 153 Å². The standard InChI is InChI=1S/C19H20N2O4S/c1-3-25-18-7-5-4-6-17(18)21-19(22)13-26(23,24)12-15-9-8-14(2)16(10-15)11-20/h4-10H,3,12-13H2,1-2H3,(H,21,22). The molecule has 0 spiro atoms. The van der Waals surface area contributed by atoms with Crippen LogP contribution in [0, 0.1) is 18.3 Å². The van der Waals surface area contributed by atoms with E-state index in [-0.39, 0.29) is 5.75 Å². The predicted molar refractivity (Wildman–Crippen MR) is 99.6 cm³/mol. The van der Waals surface area contributed by atoms with Gasteiger partial charge in [0.25, 0.3) is 0 Å². The van der Waals surface area contributed by atoms with Crippen molar-refractivity contribution in [2.24, 2.45) is 0 Å². The Balaban J connectivity index is 2.07. The SMILES string of the molecule is CCOc1ccccc1NC(=O)CS(=O)(=O)Cc1ccc(C)c(C#N)c1. The zero-order valence-corrected chi connectivity index (χ0v) is 15.5. The van der Waals surface area contributed by atoms with Crippen molar-refractivity contribution in [2.45, 2.75) is 19.6 Å². The number of carbonyl (C=O) groups excluding carboxylic acids is 1. The number of nitrogens with one attached hydrogen (secondary N) is 1. The minimum atomic E-state index is -3.68. The van der Waals surface area contributed by atoms with Gasteiger partial charge in [-0.05, 0) is 43.2 Å². The second kappa shape index (κ2) is 8.50. The molecule has 7 heteroatoms. The molecule has 0 radical (unpaired) electrons. The summed E-state index contributed by atoms with van der Waals surface area (Å²) in [5.41, 5.74) is 2.11. The first-order valence-corrected chi connectivity index (χ1v) is 9.88. The lowest BCUT2D eigenvalue weighted by Gasteiger charge is -2.11. The zero-order chi connectivity index (χ0) is 19.2. The topological polar surface area (TPSA) is 96.3 Å². The van der Waals surface area contributed by atoms with Gasteiger partial charge in [0, 0.05) is 0 Å². The van der Waals surface area contributed by atoms with Crippen molar-refractivity contribution in [3.63, 3.8) is 0 Å². The van der Waals surface area contributed by atoms with E-state index in [0.29, 0.717) is 29.2 Å². The highest BCUT2D eigenvalue weighted by atomic mass is 32.2. The number of anilines is 1. The lowest BCUT2D eigenvalue weighted by molar-refractivity contribution is -0.113. The summed E-state index contributed by atoms with van der Waals surface area (Å²) in [5, 5.41) is 11.6. The summed E-state index contributed by atoms with van der Waals surface area (Å²) in [5.74, 6) is -1.10. The van der Waals surface area contributed by atoms with Gasteiger partial charge in [0.1, 0.15) is 11.5 Å². The molecule has 0 aliphatic heterocycles. The van der Waals surface area contributed by atoms with Gasteiger partial charge < -0.3 is 10.1 Å². The van der Waals surface area contributed by atoms with Gasteiger partial charge in [-0.2, -0.15) is 5.26 Å².